The Balaban J connectivity index is 3.95. The first-order chi connectivity index (χ1) is 16.4. The number of ether oxygens (including phenoxy) is 6. The van der Waals surface area contributed by atoms with Crippen molar-refractivity contribution in [3.05, 3.63) is 0 Å². The van der Waals surface area contributed by atoms with Crippen LogP contribution < -0.4 is 5.32 Å². The largest absolute Gasteiger partial charge is 0.511 e. The third kappa shape index (κ3) is 18.2. The van der Waals surface area contributed by atoms with Crippen LogP contribution in [0.4, 0.5) is 4.79 Å². The number of hydrogen-bond donors (Lipinski definition) is 2. The fourth-order valence-corrected chi connectivity index (χ4v) is 1.99. The lowest BCUT2D eigenvalue weighted by atomic mass is 10.3. The first-order valence-corrected chi connectivity index (χ1v) is 10.4. The van der Waals surface area contributed by atoms with Crippen LogP contribution >= 0.6 is 0 Å². The van der Waals surface area contributed by atoms with Crippen molar-refractivity contribution >= 4 is 41.9 Å². The van der Waals surface area contributed by atoms with E-state index in [1.165, 1.54) is 20.8 Å². The van der Waals surface area contributed by atoms with Crippen LogP contribution in [0.15, 0.2) is 0 Å². The van der Waals surface area contributed by atoms with Gasteiger partial charge >= 0.3 is 36.0 Å². The molecule has 0 aromatic carbocycles. The molecule has 15 heteroatoms. The fourth-order valence-electron chi connectivity index (χ4n) is 1.99. The highest BCUT2D eigenvalue weighted by Gasteiger charge is 2.20. The average Bonchev–Trinajstić information content (AvgIpc) is 2.76. The Kier molecular flexibility index (Phi) is 15.6. The van der Waals surface area contributed by atoms with E-state index in [0.717, 1.165) is 0 Å². The average molecular weight is 507 g/mol. The van der Waals surface area contributed by atoms with Crippen molar-refractivity contribution < 1.29 is 67.1 Å². The number of carbonyl (C=O) groups is 7. The van der Waals surface area contributed by atoms with E-state index in [0.29, 0.717) is 0 Å². The Morgan fingerprint density at radius 1 is 0.771 bits per heavy atom. The maximum Gasteiger partial charge on any atom is 0.511 e. The topological polar surface area (TPSA) is 207 Å². The molecule has 0 aliphatic rings. The highest BCUT2D eigenvalue weighted by atomic mass is 16.8. The number of aliphatic carboxylic acids is 1. The smallest absolute Gasteiger partial charge is 0.481 e. The summed E-state index contributed by atoms with van der Waals surface area (Å²) in [6.45, 7) is 2.16. The van der Waals surface area contributed by atoms with Crippen LogP contribution in [0.3, 0.4) is 0 Å². The highest BCUT2D eigenvalue weighted by molar-refractivity contribution is 5.83. The van der Waals surface area contributed by atoms with Crippen molar-refractivity contribution in [2.75, 3.05) is 26.4 Å². The van der Waals surface area contributed by atoms with Gasteiger partial charge in [-0.2, -0.15) is 0 Å². The zero-order valence-corrected chi connectivity index (χ0v) is 19.6. The first kappa shape index (κ1) is 31.1. The number of nitrogens with one attached hydrogen (secondary N) is 1. The van der Waals surface area contributed by atoms with E-state index >= 15 is 0 Å². The molecule has 15 nitrogen and oxygen atoms in total. The second kappa shape index (κ2) is 17.6. The minimum absolute atomic E-state index is 0.0550. The quantitative estimate of drug-likeness (QED) is 0.120. The maximum atomic E-state index is 11.7. The maximum absolute atomic E-state index is 11.7. The van der Waals surface area contributed by atoms with Gasteiger partial charge in [0.05, 0.1) is 13.2 Å². The number of carbonyl (C=O) groups excluding carboxylic acids is 6. The number of rotatable bonds is 16. The van der Waals surface area contributed by atoms with Gasteiger partial charge in [-0.15, -0.1) is 0 Å². The molecule has 2 atom stereocenters. The molecular formula is C20H29NO14. The normalized spacial score (nSPS) is 11.7. The standard InChI is InChI=1S/C20H29NO14/c1-12(33-17(26)10-21-13(2)22)19(28)30-8-5-7-16(25)32-11-18(27)34-14(3)35-20(29)31-9-4-6-15(23)24/h12,14H,4-11H2,1-3H3,(H,21,22)(H,23,24). The molecule has 1 amide bonds. The van der Waals surface area contributed by atoms with Gasteiger partial charge in [-0.1, -0.05) is 0 Å². The van der Waals surface area contributed by atoms with Gasteiger partial charge in [-0.05, 0) is 19.8 Å². The molecule has 0 saturated carbocycles. The van der Waals surface area contributed by atoms with Crippen LogP contribution in [0.2, 0.25) is 0 Å². The van der Waals surface area contributed by atoms with Crippen LogP contribution in [0, 0.1) is 0 Å². The molecule has 2 N–H and O–H groups in total. The summed E-state index contributed by atoms with van der Waals surface area (Å²) in [4.78, 5) is 78.8. The predicted octanol–water partition coefficient (Wildman–Crippen LogP) is -0.172. The monoisotopic (exact) mass is 507 g/mol. The summed E-state index contributed by atoms with van der Waals surface area (Å²) < 4.78 is 28.2. The Morgan fingerprint density at radius 2 is 1.40 bits per heavy atom. The number of carboxylic acid groups (broad SMARTS) is 1. The van der Waals surface area contributed by atoms with Gasteiger partial charge in [-0.3, -0.25) is 19.2 Å². The zero-order chi connectivity index (χ0) is 26.8. The van der Waals surface area contributed by atoms with E-state index in [9.17, 15) is 33.6 Å². The molecule has 0 heterocycles. The predicted molar refractivity (Wildman–Crippen MR) is 110 cm³/mol. The SMILES string of the molecule is CC(=O)NCC(=O)OC(C)C(=O)OCCCC(=O)OCC(=O)OC(C)OC(=O)OCCCC(=O)O. The third-order valence-corrected chi connectivity index (χ3v) is 3.56. The van der Waals surface area contributed by atoms with Gasteiger partial charge in [0, 0.05) is 26.7 Å². The van der Waals surface area contributed by atoms with Crippen LogP contribution in [0.25, 0.3) is 0 Å². The molecule has 0 aromatic heterocycles. The van der Waals surface area contributed by atoms with E-state index < -0.39 is 67.5 Å². The van der Waals surface area contributed by atoms with Crippen molar-refractivity contribution in [3.63, 3.8) is 0 Å². The van der Waals surface area contributed by atoms with E-state index in [4.69, 9.17) is 19.3 Å². The number of amides is 1. The minimum atomic E-state index is -1.35. The third-order valence-electron chi connectivity index (χ3n) is 3.56. The molecule has 198 valence electrons. The van der Waals surface area contributed by atoms with E-state index in [2.05, 4.69) is 19.5 Å². The summed E-state index contributed by atoms with van der Waals surface area (Å²) >= 11 is 0. The molecule has 0 saturated heterocycles. The van der Waals surface area contributed by atoms with Crippen molar-refractivity contribution in [3.8, 4) is 0 Å². The van der Waals surface area contributed by atoms with E-state index in [-0.39, 0.29) is 38.9 Å². The molecule has 0 fully saturated rings. The van der Waals surface area contributed by atoms with Crippen LogP contribution in [-0.2, 0) is 57.2 Å². The second-order valence-electron chi connectivity index (χ2n) is 6.74. The number of hydrogen-bond acceptors (Lipinski definition) is 13. The number of esters is 4. The molecule has 0 aromatic rings. The van der Waals surface area contributed by atoms with Crippen LogP contribution in [0.5, 0.6) is 0 Å². The van der Waals surface area contributed by atoms with Crippen molar-refractivity contribution in [1.29, 1.82) is 0 Å². The lowest BCUT2D eigenvalue weighted by molar-refractivity contribution is -0.176. The van der Waals surface area contributed by atoms with Crippen molar-refractivity contribution in [1.82, 2.24) is 5.32 Å². The summed E-state index contributed by atoms with van der Waals surface area (Å²) in [6.07, 6.45) is -3.99. The second-order valence-corrected chi connectivity index (χ2v) is 6.74. The van der Waals surface area contributed by atoms with Gasteiger partial charge in [0.25, 0.3) is 0 Å². The highest BCUT2D eigenvalue weighted by Crippen LogP contribution is 2.02. The van der Waals surface area contributed by atoms with Gasteiger partial charge in [0.1, 0.15) is 6.54 Å². The van der Waals surface area contributed by atoms with E-state index in [1.54, 1.807) is 0 Å². The molecule has 0 spiro atoms. The molecular weight excluding hydrogens is 478 g/mol. The summed E-state index contributed by atoms with van der Waals surface area (Å²) in [5.74, 6) is -4.97. The molecule has 0 aliphatic heterocycles. The molecule has 0 aliphatic carbocycles. The molecule has 0 radical (unpaired) electrons. The Bertz CT molecular complexity index is 765. The summed E-state index contributed by atoms with van der Waals surface area (Å²) in [5.41, 5.74) is 0. The van der Waals surface area contributed by atoms with Gasteiger partial charge in [-0.25, -0.2) is 14.4 Å². The summed E-state index contributed by atoms with van der Waals surface area (Å²) in [7, 11) is 0. The Labute approximate surface area is 200 Å². The van der Waals surface area contributed by atoms with Gasteiger partial charge in [0.15, 0.2) is 12.7 Å². The van der Waals surface area contributed by atoms with Crippen LogP contribution in [0.1, 0.15) is 46.5 Å². The minimum Gasteiger partial charge on any atom is -0.481 e. The molecule has 35 heavy (non-hydrogen) atoms. The Morgan fingerprint density at radius 3 is 2.03 bits per heavy atom. The van der Waals surface area contributed by atoms with Crippen LogP contribution in [-0.4, -0.2) is 85.8 Å². The van der Waals surface area contributed by atoms with Crippen molar-refractivity contribution in [2.24, 2.45) is 0 Å². The molecule has 2 unspecified atom stereocenters. The zero-order valence-electron chi connectivity index (χ0n) is 19.6. The molecule has 0 bridgehead atoms. The lowest BCUT2D eigenvalue weighted by Gasteiger charge is -2.14. The number of carboxylic acids is 1. The fraction of sp³-hybridized carbons (Fsp3) is 0.650. The molecule has 0 rings (SSSR count). The van der Waals surface area contributed by atoms with Gasteiger partial charge < -0.3 is 38.8 Å². The van der Waals surface area contributed by atoms with Gasteiger partial charge in [0.2, 0.25) is 12.2 Å². The summed E-state index contributed by atoms with van der Waals surface area (Å²) in [6, 6.07) is 0. The first-order valence-electron chi connectivity index (χ1n) is 10.4. The van der Waals surface area contributed by atoms with Crippen molar-refractivity contribution in [2.45, 2.75) is 58.8 Å². The van der Waals surface area contributed by atoms with E-state index in [1.807, 2.05) is 0 Å². The lowest BCUT2D eigenvalue weighted by Crippen LogP contribution is -2.33. The Hall–Kier alpha value is -3.91. The summed E-state index contributed by atoms with van der Waals surface area (Å²) in [5, 5.41) is 10.7.